The van der Waals surface area contributed by atoms with Crippen LogP contribution in [0.25, 0.3) is 0 Å². The number of halogens is 9. The summed E-state index contributed by atoms with van der Waals surface area (Å²) in [6.45, 7) is 2.11. The smallest absolute Gasteiger partial charge is 0.429 e. The predicted molar refractivity (Wildman–Crippen MR) is 121 cm³/mol. The van der Waals surface area contributed by atoms with Crippen LogP contribution in [0.1, 0.15) is 60.8 Å². The maximum absolute atomic E-state index is 14.8. The van der Waals surface area contributed by atoms with Gasteiger partial charge in [-0.2, -0.15) is 8.78 Å². The zero-order valence-corrected chi connectivity index (χ0v) is 20.2. The van der Waals surface area contributed by atoms with Crippen molar-refractivity contribution in [1.82, 2.24) is 0 Å². The highest BCUT2D eigenvalue weighted by Gasteiger charge is 2.41. The van der Waals surface area contributed by atoms with Crippen molar-refractivity contribution < 1.29 is 44.3 Å². The van der Waals surface area contributed by atoms with Crippen molar-refractivity contribution in [3.05, 3.63) is 99.4 Å². The monoisotopic (exact) mass is 546 g/mol. The zero-order chi connectivity index (χ0) is 27.8. The van der Waals surface area contributed by atoms with Gasteiger partial charge in [-0.05, 0) is 66.3 Å². The fourth-order valence-corrected chi connectivity index (χ4v) is 4.80. The van der Waals surface area contributed by atoms with Crippen LogP contribution in [-0.2, 0) is 19.0 Å². The number of aryl methyl sites for hydroxylation is 2. The summed E-state index contributed by atoms with van der Waals surface area (Å²) < 4.78 is 131. The van der Waals surface area contributed by atoms with Crippen molar-refractivity contribution in [2.75, 3.05) is 0 Å². The predicted octanol–water partition coefficient (Wildman–Crippen LogP) is 8.87. The molecule has 0 unspecified atom stereocenters. The van der Waals surface area contributed by atoms with E-state index in [9.17, 15) is 39.5 Å². The highest BCUT2D eigenvalue weighted by molar-refractivity contribution is 5.33. The normalized spacial score (nSPS) is 18.1. The second-order valence-corrected chi connectivity index (χ2v) is 9.65. The molecule has 0 radical (unpaired) electrons. The van der Waals surface area contributed by atoms with Crippen LogP contribution in [0.3, 0.4) is 0 Å². The van der Waals surface area contributed by atoms with Crippen LogP contribution >= 0.6 is 0 Å². The Labute approximate surface area is 213 Å². The van der Waals surface area contributed by atoms with E-state index in [1.54, 1.807) is 0 Å². The molecule has 4 rings (SSSR count). The summed E-state index contributed by atoms with van der Waals surface area (Å²) in [5.74, 6) is -11.8. The summed E-state index contributed by atoms with van der Waals surface area (Å²) in [4.78, 5) is 0. The van der Waals surface area contributed by atoms with E-state index in [1.807, 2.05) is 0 Å². The Morgan fingerprint density at radius 2 is 1.29 bits per heavy atom. The average Bonchev–Trinajstić information content (AvgIpc) is 2.83. The lowest BCUT2D eigenvalue weighted by Gasteiger charge is -2.27. The summed E-state index contributed by atoms with van der Waals surface area (Å²) in [5.41, 5.74) is -1.70. The van der Waals surface area contributed by atoms with Crippen LogP contribution in [0.4, 0.5) is 39.5 Å². The first-order valence-corrected chi connectivity index (χ1v) is 12.0. The van der Waals surface area contributed by atoms with E-state index < -0.39 is 58.1 Å². The van der Waals surface area contributed by atoms with Gasteiger partial charge in [0, 0.05) is 12.1 Å². The second-order valence-electron chi connectivity index (χ2n) is 9.65. The minimum atomic E-state index is -4.72. The van der Waals surface area contributed by atoms with E-state index in [-0.39, 0.29) is 42.0 Å². The maximum atomic E-state index is 14.8. The molecule has 1 saturated carbocycles. The molecule has 0 N–H and O–H groups in total. The first-order chi connectivity index (χ1) is 17.9. The molecule has 0 spiro atoms. The van der Waals surface area contributed by atoms with Gasteiger partial charge in [0.15, 0.2) is 29.1 Å². The number of ether oxygens (including phenoxy) is 1. The topological polar surface area (TPSA) is 9.23 Å². The Morgan fingerprint density at radius 3 is 1.87 bits per heavy atom. The molecule has 1 aliphatic carbocycles. The van der Waals surface area contributed by atoms with Gasteiger partial charge in [-0.1, -0.05) is 31.9 Å². The summed E-state index contributed by atoms with van der Waals surface area (Å²) in [7, 11) is 0. The molecule has 3 aromatic rings. The van der Waals surface area contributed by atoms with E-state index in [1.165, 1.54) is 12.1 Å². The Kier molecular flexibility index (Phi) is 7.99. The molecule has 0 atom stereocenters. The second kappa shape index (κ2) is 10.9. The van der Waals surface area contributed by atoms with Crippen molar-refractivity contribution in [3.63, 3.8) is 0 Å². The van der Waals surface area contributed by atoms with Crippen LogP contribution < -0.4 is 4.74 Å². The molecule has 1 aliphatic rings. The number of alkyl halides is 2. The third kappa shape index (κ3) is 5.78. The van der Waals surface area contributed by atoms with Crippen LogP contribution in [0.5, 0.6) is 5.75 Å². The summed E-state index contributed by atoms with van der Waals surface area (Å²) in [5, 5.41) is 0. The van der Waals surface area contributed by atoms with E-state index in [0.29, 0.717) is 23.6 Å². The molecule has 0 aliphatic heterocycles. The van der Waals surface area contributed by atoms with Gasteiger partial charge in [0.1, 0.15) is 22.9 Å². The van der Waals surface area contributed by atoms with Crippen LogP contribution in [-0.4, -0.2) is 0 Å². The fourth-order valence-electron chi connectivity index (χ4n) is 4.80. The van der Waals surface area contributed by atoms with Crippen molar-refractivity contribution in [1.29, 1.82) is 0 Å². The van der Waals surface area contributed by atoms with Crippen molar-refractivity contribution in [2.24, 2.45) is 5.92 Å². The number of hydrogen-bond donors (Lipinski definition) is 0. The Balaban J connectivity index is 1.49. The van der Waals surface area contributed by atoms with Crippen LogP contribution in [0.15, 0.2) is 36.4 Å². The van der Waals surface area contributed by atoms with Gasteiger partial charge in [0.05, 0.1) is 0 Å². The zero-order valence-electron chi connectivity index (χ0n) is 20.2. The molecule has 0 saturated heterocycles. The van der Waals surface area contributed by atoms with Gasteiger partial charge in [-0.3, -0.25) is 0 Å². The van der Waals surface area contributed by atoms with E-state index >= 15 is 0 Å². The SMILES string of the molecule is CC1CCC(c2ccc(CCc3cc(F)c(C(F)(F)Oc4cc(F)c(F)c(F)c4)c(F)c3)c(F)c2F)CC1. The fraction of sp³-hybridized carbons (Fsp3) is 0.357. The van der Waals surface area contributed by atoms with Gasteiger partial charge in [0.25, 0.3) is 0 Å². The lowest BCUT2D eigenvalue weighted by atomic mass is 9.79. The molecule has 0 heterocycles. The summed E-state index contributed by atoms with van der Waals surface area (Å²) >= 11 is 0. The molecular formula is C28H23F9O. The molecule has 3 aromatic carbocycles. The van der Waals surface area contributed by atoms with E-state index in [2.05, 4.69) is 11.7 Å². The molecule has 0 amide bonds. The lowest BCUT2D eigenvalue weighted by molar-refractivity contribution is -0.189. The van der Waals surface area contributed by atoms with Gasteiger partial charge in [-0.25, -0.2) is 30.7 Å². The summed E-state index contributed by atoms with van der Waals surface area (Å²) in [6, 6.07) is 4.28. The third-order valence-electron chi connectivity index (χ3n) is 6.93. The number of rotatable bonds is 7. The molecule has 0 aromatic heterocycles. The Morgan fingerprint density at radius 1 is 0.711 bits per heavy atom. The van der Waals surface area contributed by atoms with Crippen molar-refractivity contribution in [3.8, 4) is 5.75 Å². The average molecular weight is 546 g/mol. The van der Waals surface area contributed by atoms with Gasteiger partial charge < -0.3 is 4.74 Å². The first-order valence-electron chi connectivity index (χ1n) is 12.0. The number of hydrogen-bond acceptors (Lipinski definition) is 1. The van der Waals surface area contributed by atoms with E-state index in [4.69, 9.17) is 0 Å². The Hall–Kier alpha value is -3.17. The first kappa shape index (κ1) is 27.9. The highest BCUT2D eigenvalue weighted by atomic mass is 19.3. The van der Waals surface area contributed by atoms with Gasteiger partial charge in [0.2, 0.25) is 0 Å². The van der Waals surface area contributed by atoms with Crippen LogP contribution in [0.2, 0.25) is 0 Å². The minimum absolute atomic E-state index is 0.0330. The van der Waals surface area contributed by atoms with Gasteiger partial charge in [-0.15, -0.1) is 0 Å². The lowest BCUT2D eigenvalue weighted by Crippen LogP contribution is -2.25. The minimum Gasteiger partial charge on any atom is -0.429 e. The quantitative estimate of drug-likeness (QED) is 0.213. The van der Waals surface area contributed by atoms with Crippen LogP contribution in [0, 0.1) is 46.6 Å². The highest BCUT2D eigenvalue weighted by Crippen LogP contribution is 2.38. The molecule has 0 bridgehead atoms. The molecule has 1 fully saturated rings. The number of benzene rings is 3. The standard InChI is InChI=1S/C28H23F9O/c1-14-2-5-16(6-3-14)19-9-8-17(25(33)26(19)34)7-4-15-10-20(29)24(21(30)11-15)28(36,37)38-18-12-22(31)27(35)23(32)13-18/h8-14,16H,2-7H2,1H3. The van der Waals surface area contributed by atoms with Crippen molar-refractivity contribution >= 4 is 0 Å². The largest absolute Gasteiger partial charge is 0.432 e. The summed E-state index contributed by atoms with van der Waals surface area (Å²) in [6.07, 6.45) is -1.74. The molecule has 38 heavy (non-hydrogen) atoms. The Bertz CT molecular complexity index is 1280. The molecule has 1 nitrogen and oxygen atoms in total. The maximum Gasteiger partial charge on any atom is 0.432 e. The third-order valence-corrected chi connectivity index (χ3v) is 6.93. The molecular weight excluding hydrogens is 523 g/mol. The molecule has 204 valence electrons. The van der Waals surface area contributed by atoms with Gasteiger partial charge >= 0.3 is 6.11 Å². The molecule has 10 heteroatoms. The van der Waals surface area contributed by atoms with Crippen molar-refractivity contribution in [2.45, 2.75) is 57.5 Å². The van der Waals surface area contributed by atoms with E-state index in [0.717, 1.165) is 25.7 Å².